The Bertz CT molecular complexity index is 372. The van der Waals surface area contributed by atoms with E-state index in [9.17, 15) is 26.3 Å². The lowest BCUT2D eigenvalue weighted by molar-refractivity contribution is -0.351. The highest BCUT2D eigenvalue weighted by atomic mass is 19.4. The highest BCUT2D eigenvalue weighted by molar-refractivity contribution is 5.27. The van der Waals surface area contributed by atoms with Crippen molar-refractivity contribution >= 4 is 0 Å². The normalized spacial score (nSPS) is 12.6. The van der Waals surface area contributed by atoms with E-state index < -0.39 is 18.5 Å². The molecule has 0 amide bonds. The average Bonchev–Trinajstić information content (AvgIpc) is 2.16. The fourth-order valence-corrected chi connectivity index (χ4v) is 1.01. The molecule has 0 radical (unpaired) electrons. The molecule has 1 aromatic carbocycles. The monoisotopic (exact) mass is 275 g/mol. The van der Waals surface area contributed by atoms with Crippen LogP contribution in [0.15, 0.2) is 24.3 Å². The number of nitrogens with one attached hydrogen (secondary N) is 1. The topological polar surface area (TPSA) is 30.5 Å². The highest BCUT2D eigenvalue weighted by Gasteiger charge is 2.31. The van der Waals surface area contributed by atoms with Crippen LogP contribution in [0.2, 0.25) is 0 Å². The predicted octanol–water partition coefficient (Wildman–Crippen LogP) is 3.13. The minimum Gasteiger partial charge on any atom is -0.406 e. The molecular weight excluding hydrogens is 268 g/mol. The van der Waals surface area contributed by atoms with Crippen molar-refractivity contribution in [2.75, 3.05) is 0 Å². The van der Waals surface area contributed by atoms with Gasteiger partial charge in [0.05, 0.1) is 0 Å². The second kappa shape index (κ2) is 5.44. The van der Waals surface area contributed by atoms with Crippen molar-refractivity contribution in [3.05, 3.63) is 29.8 Å². The maximum absolute atomic E-state index is 11.8. The fourth-order valence-electron chi connectivity index (χ4n) is 1.01. The van der Waals surface area contributed by atoms with E-state index >= 15 is 0 Å². The zero-order valence-corrected chi connectivity index (χ0v) is 8.60. The lowest BCUT2D eigenvalue weighted by Gasteiger charge is -2.10. The number of hydrogen-bond acceptors (Lipinski definition) is 3. The van der Waals surface area contributed by atoms with Gasteiger partial charge in [0.2, 0.25) is 0 Å². The Hall–Kier alpha value is -1.48. The Morgan fingerprint density at radius 1 is 0.889 bits per heavy atom. The van der Waals surface area contributed by atoms with Gasteiger partial charge in [-0.25, -0.2) is 4.84 Å². The molecule has 0 aliphatic heterocycles. The maximum Gasteiger partial charge on any atom is 0.573 e. The van der Waals surface area contributed by atoms with Crippen LogP contribution >= 0.6 is 0 Å². The smallest absolute Gasteiger partial charge is 0.406 e. The summed E-state index contributed by atoms with van der Waals surface area (Å²) in [6.45, 7) is -0.314. The molecule has 9 heteroatoms. The number of hydroxylamine groups is 1. The van der Waals surface area contributed by atoms with Crippen molar-refractivity contribution in [2.45, 2.75) is 19.3 Å². The summed E-state index contributed by atoms with van der Waals surface area (Å²) in [6, 6.07) is 4.32. The van der Waals surface area contributed by atoms with Crippen molar-refractivity contribution in [3.63, 3.8) is 0 Å². The lowest BCUT2D eigenvalue weighted by Crippen LogP contribution is -2.25. The molecule has 18 heavy (non-hydrogen) atoms. The number of alkyl halides is 6. The van der Waals surface area contributed by atoms with E-state index in [4.69, 9.17) is 0 Å². The number of halogens is 6. The van der Waals surface area contributed by atoms with E-state index in [2.05, 4.69) is 9.57 Å². The molecule has 0 spiro atoms. The van der Waals surface area contributed by atoms with Gasteiger partial charge in [0, 0.05) is 6.54 Å². The van der Waals surface area contributed by atoms with Gasteiger partial charge in [-0.2, -0.15) is 5.48 Å². The summed E-state index contributed by atoms with van der Waals surface area (Å²) < 4.78 is 73.7. The number of benzene rings is 1. The summed E-state index contributed by atoms with van der Waals surface area (Å²) in [7, 11) is 0. The molecule has 0 fully saturated rings. The van der Waals surface area contributed by atoms with E-state index in [1.54, 1.807) is 5.48 Å². The second-order valence-corrected chi connectivity index (χ2v) is 3.06. The standard InChI is InChI=1S/C9H7F6NO2/c10-8(11,12)17-7-3-1-6(2-4-7)5-16-18-9(13,14)15/h1-4,16H,5H2. The summed E-state index contributed by atoms with van der Waals surface area (Å²) in [6.07, 6.45) is -9.63. The molecule has 0 aliphatic rings. The minimum absolute atomic E-state index is 0.300. The van der Waals surface area contributed by atoms with Gasteiger partial charge in [0.1, 0.15) is 5.75 Å². The third-order valence-corrected chi connectivity index (χ3v) is 1.62. The fraction of sp³-hybridized carbons (Fsp3) is 0.333. The molecule has 0 saturated carbocycles. The van der Waals surface area contributed by atoms with Crippen LogP contribution < -0.4 is 10.2 Å². The molecule has 1 aromatic rings. The molecule has 0 unspecified atom stereocenters. The van der Waals surface area contributed by atoms with Crippen LogP contribution in [0.25, 0.3) is 0 Å². The summed E-state index contributed by atoms with van der Waals surface area (Å²) >= 11 is 0. The van der Waals surface area contributed by atoms with E-state index in [-0.39, 0.29) is 6.54 Å². The van der Waals surface area contributed by atoms with Gasteiger partial charge in [-0.15, -0.1) is 26.3 Å². The van der Waals surface area contributed by atoms with Crippen LogP contribution in [0.1, 0.15) is 5.56 Å². The molecule has 0 aromatic heterocycles. The Kier molecular flexibility index (Phi) is 4.41. The van der Waals surface area contributed by atoms with E-state index in [1.807, 2.05) is 0 Å². The molecule has 0 bridgehead atoms. The SMILES string of the molecule is FC(F)(F)ONCc1ccc(OC(F)(F)F)cc1. The zero-order chi connectivity index (χ0) is 13.8. The Morgan fingerprint density at radius 3 is 1.89 bits per heavy atom. The van der Waals surface area contributed by atoms with Crippen molar-refractivity contribution in [3.8, 4) is 5.75 Å². The summed E-state index contributed by atoms with van der Waals surface area (Å²) in [5, 5.41) is 0. The quantitative estimate of drug-likeness (QED) is 0.676. The van der Waals surface area contributed by atoms with Crippen LogP contribution in [0.3, 0.4) is 0 Å². The minimum atomic E-state index is -4.82. The van der Waals surface area contributed by atoms with Gasteiger partial charge in [0.25, 0.3) is 0 Å². The Balaban J connectivity index is 2.46. The number of hydrogen-bond donors (Lipinski definition) is 1. The first-order chi connectivity index (χ1) is 8.16. The van der Waals surface area contributed by atoms with E-state index in [1.165, 1.54) is 12.1 Å². The lowest BCUT2D eigenvalue weighted by atomic mass is 10.2. The summed E-state index contributed by atoms with van der Waals surface area (Å²) in [5.41, 5.74) is 1.92. The molecule has 0 atom stereocenters. The average molecular weight is 275 g/mol. The van der Waals surface area contributed by atoms with Crippen molar-refractivity contribution in [2.24, 2.45) is 0 Å². The van der Waals surface area contributed by atoms with Crippen LogP contribution in [0, 0.1) is 0 Å². The van der Waals surface area contributed by atoms with Crippen LogP contribution in [-0.4, -0.2) is 12.7 Å². The second-order valence-electron chi connectivity index (χ2n) is 3.06. The first-order valence-electron chi connectivity index (χ1n) is 4.48. The molecule has 0 heterocycles. The van der Waals surface area contributed by atoms with Crippen molar-refractivity contribution < 1.29 is 35.9 Å². The summed E-state index contributed by atoms with van der Waals surface area (Å²) in [5.74, 6) is -0.456. The van der Waals surface area contributed by atoms with Gasteiger partial charge in [0.15, 0.2) is 0 Å². The van der Waals surface area contributed by atoms with Crippen molar-refractivity contribution in [1.29, 1.82) is 0 Å². The molecule has 1 N–H and O–H groups in total. The predicted molar refractivity (Wildman–Crippen MR) is 47.1 cm³/mol. The number of ether oxygens (including phenoxy) is 1. The van der Waals surface area contributed by atoms with E-state index in [0.717, 1.165) is 12.1 Å². The molecule has 0 aliphatic carbocycles. The zero-order valence-electron chi connectivity index (χ0n) is 8.60. The first-order valence-corrected chi connectivity index (χ1v) is 4.48. The Labute approximate surface area is 97.3 Å². The molecule has 3 nitrogen and oxygen atoms in total. The van der Waals surface area contributed by atoms with Crippen LogP contribution in [0.5, 0.6) is 5.75 Å². The van der Waals surface area contributed by atoms with Gasteiger partial charge in [-0.3, -0.25) is 0 Å². The molecule has 102 valence electrons. The Morgan fingerprint density at radius 2 is 1.44 bits per heavy atom. The van der Waals surface area contributed by atoms with Crippen LogP contribution in [0.4, 0.5) is 26.3 Å². The van der Waals surface area contributed by atoms with Crippen molar-refractivity contribution in [1.82, 2.24) is 5.48 Å². The van der Waals surface area contributed by atoms with Gasteiger partial charge in [-0.05, 0) is 17.7 Å². The van der Waals surface area contributed by atoms with Gasteiger partial charge < -0.3 is 4.74 Å². The molecule has 1 rings (SSSR count). The summed E-state index contributed by atoms with van der Waals surface area (Å²) in [4.78, 5) is 3.28. The third-order valence-electron chi connectivity index (χ3n) is 1.62. The third kappa shape index (κ3) is 6.30. The van der Waals surface area contributed by atoms with Gasteiger partial charge >= 0.3 is 12.7 Å². The molecule has 0 saturated heterocycles. The van der Waals surface area contributed by atoms with E-state index in [0.29, 0.717) is 5.56 Å². The molecular formula is C9H7F6NO2. The van der Waals surface area contributed by atoms with Gasteiger partial charge in [-0.1, -0.05) is 12.1 Å². The highest BCUT2D eigenvalue weighted by Crippen LogP contribution is 2.22. The van der Waals surface area contributed by atoms with Crippen LogP contribution in [-0.2, 0) is 11.4 Å². The number of rotatable bonds is 4. The first kappa shape index (κ1) is 14.6. The largest absolute Gasteiger partial charge is 0.573 e. The maximum atomic E-state index is 11.8.